The molecule has 0 spiro atoms. The fourth-order valence-electron chi connectivity index (χ4n) is 4.11. The summed E-state index contributed by atoms with van der Waals surface area (Å²) in [6.07, 6.45) is 3.76. The highest BCUT2D eigenvalue weighted by molar-refractivity contribution is 8.26. The van der Waals surface area contributed by atoms with Crippen molar-refractivity contribution in [2.24, 2.45) is 0 Å². The number of nitro benzene ring substituents is 1. The number of hydrogen-bond donors (Lipinski definition) is 0. The van der Waals surface area contributed by atoms with E-state index in [-0.39, 0.29) is 23.1 Å². The Balaban J connectivity index is 1.57. The number of para-hydroxylation sites is 1. The van der Waals surface area contributed by atoms with Gasteiger partial charge in [0.25, 0.3) is 11.6 Å². The number of rotatable bonds is 5. The standard InChI is InChI=1S/C23H18N4O5S3/c28-22-20(34-23(33)26(22)19-9-10-35(31,32)14-19)12-16-13-25(17-6-2-1-3-7-17)24-21(16)15-5-4-8-18(11-15)27(29)30/h1-8,11-13,19H,9-10,14H2/b20-12+/t19-/m0/s1. The minimum Gasteiger partial charge on any atom is -0.289 e. The molecule has 3 heterocycles. The highest BCUT2D eigenvalue weighted by Crippen LogP contribution is 2.38. The number of carbonyl (C=O) groups is 1. The fraction of sp³-hybridized carbons (Fsp3) is 0.174. The molecule has 0 saturated carbocycles. The molecule has 1 aromatic heterocycles. The van der Waals surface area contributed by atoms with Crippen molar-refractivity contribution >= 4 is 55.8 Å². The molecule has 0 aliphatic carbocycles. The Labute approximate surface area is 210 Å². The van der Waals surface area contributed by atoms with Crippen molar-refractivity contribution in [2.45, 2.75) is 12.5 Å². The lowest BCUT2D eigenvalue weighted by Gasteiger charge is -2.20. The lowest BCUT2D eigenvalue weighted by atomic mass is 10.1. The Hall–Kier alpha value is -3.35. The highest BCUT2D eigenvalue weighted by atomic mass is 32.2. The van der Waals surface area contributed by atoms with Gasteiger partial charge in [0.05, 0.1) is 33.1 Å². The molecule has 5 rings (SSSR count). The zero-order valence-electron chi connectivity index (χ0n) is 18.1. The second-order valence-electron chi connectivity index (χ2n) is 8.13. The molecule has 0 unspecified atom stereocenters. The normalized spacial score (nSPS) is 20.6. The molecule has 2 aliphatic rings. The summed E-state index contributed by atoms with van der Waals surface area (Å²) in [5, 5.41) is 16.0. The number of non-ortho nitro benzene ring substituents is 1. The molecule has 0 radical (unpaired) electrons. The Kier molecular flexibility index (Phi) is 6.03. The van der Waals surface area contributed by atoms with E-state index in [0.29, 0.717) is 32.5 Å². The number of benzene rings is 2. The number of sulfone groups is 1. The molecule has 12 heteroatoms. The molecule has 2 fully saturated rings. The Morgan fingerprint density at radius 3 is 2.63 bits per heavy atom. The average molecular weight is 527 g/mol. The molecule has 178 valence electrons. The van der Waals surface area contributed by atoms with Crippen LogP contribution in [0.15, 0.2) is 65.7 Å². The average Bonchev–Trinajstić information content (AvgIpc) is 3.49. The molecule has 9 nitrogen and oxygen atoms in total. The number of carbonyl (C=O) groups excluding carboxylic acids is 1. The van der Waals surface area contributed by atoms with Gasteiger partial charge in [-0.1, -0.05) is 54.3 Å². The molecule has 2 aliphatic heterocycles. The maximum Gasteiger partial charge on any atom is 0.270 e. The second kappa shape index (κ2) is 9.02. The first kappa shape index (κ1) is 23.4. The van der Waals surface area contributed by atoms with E-state index >= 15 is 0 Å². The summed E-state index contributed by atoms with van der Waals surface area (Å²) in [6.45, 7) is 0. The van der Waals surface area contributed by atoms with Crippen LogP contribution >= 0.6 is 24.0 Å². The largest absolute Gasteiger partial charge is 0.289 e. The maximum atomic E-state index is 13.2. The summed E-state index contributed by atoms with van der Waals surface area (Å²) in [5.41, 5.74) is 2.27. The fourth-order valence-corrected chi connectivity index (χ4v) is 7.20. The van der Waals surface area contributed by atoms with E-state index in [0.717, 1.165) is 17.4 Å². The van der Waals surface area contributed by atoms with Gasteiger partial charge in [-0.3, -0.25) is 19.8 Å². The molecule has 3 aromatic rings. The Morgan fingerprint density at radius 1 is 1.17 bits per heavy atom. The van der Waals surface area contributed by atoms with Gasteiger partial charge in [0.2, 0.25) is 0 Å². The molecule has 0 N–H and O–H groups in total. The van der Waals surface area contributed by atoms with Crippen LogP contribution in [0.3, 0.4) is 0 Å². The topological polar surface area (TPSA) is 115 Å². The molecule has 2 aromatic carbocycles. The van der Waals surface area contributed by atoms with Gasteiger partial charge in [0.1, 0.15) is 10.0 Å². The van der Waals surface area contributed by atoms with Crippen LogP contribution in [0.2, 0.25) is 0 Å². The summed E-state index contributed by atoms with van der Waals surface area (Å²) >= 11 is 6.52. The quantitative estimate of drug-likeness (QED) is 0.213. The van der Waals surface area contributed by atoms with E-state index in [1.165, 1.54) is 17.0 Å². The van der Waals surface area contributed by atoms with E-state index in [1.807, 2.05) is 30.3 Å². The molecule has 1 atom stereocenters. The number of hydrogen-bond acceptors (Lipinski definition) is 8. The van der Waals surface area contributed by atoms with E-state index in [1.54, 1.807) is 29.1 Å². The van der Waals surface area contributed by atoms with Crippen molar-refractivity contribution in [3.8, 4) is 16.9 Å². The van der Waals surface area contributed by atoms with Crippen molar-refractivity contribution in [3.05, 3.63) is 81.4 Å². The molecule has 0 bridgehead atoms. The van der Waals surface area contributed by atoms with Gasteiger partial charge in [0, 0.05) is 29.5 Å². The minimum atomic E-state index is -3.19. The maximum absolute atomic E-state index is 13.2. The van der Waals surface area contributed by atoms with Gasteiger partial charge in [-0.05, 0) is 24.6 Å². The van der Waals surface area contributed by atoms with Crippen LogP contribution in [0, 0.1) is 10.1 Å². The van der Waals surface area contributed by atoms with Gasteiger partial charge in [0.15, 0.2) is 9.84 Å². The van der Waals surface area contributed by atoms with E-state index in [4.69, 9.17) is 12.2 Å². The van der Waals surface area contributed by atoms with Crippen molar-refractivity contribution in [2.75, 3.05) is 11.5 Å². The highest BCUT2D eigenvalue weighted by Gasteiger charge is 2.42. The monoisotopic (exact) mass is 526 g/mol. The van der Waals surface area contributed by atoms with Gasteiger partial charge in [-0.2, -0.15) is 5.10 Å². The summed E-state index contributed by atoms with van der Waals surface area (Å²) in [7, 11) is -3.19. The second-order valence-corrected chi connectivity index (χ2v) is 12.0. The number of nitrogens with zero attached hydrogens (tertiary/aromatic N) is 4. The number of aromatic nitrogens is 2. The number of thiocarbonyl (C=S) groups is 1. The van der Waals surface area contributed by atoms with Crippen LogP contribution in [0.4, 0.5) is 5.69 Å². The smallest absolute Gasteiger partial charge is 0.270 e. The Bertz CT molecular complexity index is 1500. The van der Waals surface area contributed by atoms with Crippen LogP contribution in [0.1, 0.15) is 12.0 Å². The van der Waals surface area contributed by atoms with Crippen molar-refractivity contribution in [1.29, 1.82) is 0 Å². The van der Waals surface area contributed by atoms with E-state index in [9.17, 15) is 23.3 Å². The third-order valence-corrected chi connectivity index (χ3v) is 8.86. The van der Waals surface area contributed by atoms with E-state index < -0.39 is 20.8 Å². The van der Waals surface area contributed by atoms with Crippen molar-refractivity contribution < 1.29 is 18.1 Å². The zero-order valence-corrected chi connectivity index (χ0v) is 20.6. The number of amides is 1. The van der Waals surface area contributed by atoms with E-state index in [2.05, 4.69) is 5.10 Å². The zero-order chi connectivity index (χ0) is 24.7. The number of thioether (sulfide) groups is 1. The third-order valence-electron chi connectivity index (χ3n) is 5.78. The predicted octanol–water partition coefficient (Wildman–Crippen LogP) is 3.84. The summed E-state index contributed by atoms with van der Waals surface area (Å²) < 4.78 is 25.8. The third kappa shape index (κ3) is 4.64. The molecule has 2 saturated heterocycles. The molecule has 35 heavy (non-hydrogen) atoms. The first-order valence-electron chi connectivity index (χ1n) is 10.6. The van der Waals surface area contributed by atoms with Crippen LogP contribution in [-0.4, -0.2) is 55.8 Å². The lowest BCUT2D eigenvalue weighted by molar-refractivity contribution is -0.384. The predicted molar refractivity (Wildman–Crippen MR) is 138 cm³/mol. The van der Waals surface area contributed by atoms with Crippen LogP contribution < -0.4 is 0 Å². The SMILES string of the molecule is O=C1/C(=C\c2cn(-c3ccccc3)nc2-c2cccc([N+](=O)[O-])c2)SC(=S)N1[C@H]1CCS(=O)(=O)C1. The van der Waals surface area contributed by atoms with Gasteiger partial charge in [-0.15, -0.1) is 0 Å². The minimum absolute atomic E-state index is 0.0363. The van der Waals surface area contributed by atoms with Crippen molar-refractivity contribution in [1.82, 2.24) is 14.7 Å². The molecular formula is C23H18N4O5S3. The first-order valence-corrected chi connectivity index (χ1v) is 13.6. The van der Waals surface area contributed by atoms with Gasteiger partial charge >= 0.3 is 0 Å². The van der Waals surface area contributed by atoms with Crippen LogP contribution in [-0.2, 0) is 14.6 Å². The van der Waals surface area contributed by atoms with Gasteiger partial charge in [-0.25, -0.2) is 13.1 Å². The van der Waals surface area contributed by atoms with Crippen molar-refractivity contribution in [3.63, 3.8) is 0 Å². The summed E-state index contributed by atoms with van der Waals surface area (Å²) in [4.78, 5) is 25.8. The lowest BCUT2D eigenvalue weighted by Crippen LogP contribution is -2.39. The van der Waals surface area contributed by atoms with Gasteiger partial charge < -0.3 is 0 Å². The number of nitro groups is 1. The van der Waals surface area contributed by atoms with Crippen LogP contribution in [0.5, 0.6) is 0 Å². The summed E-state index contributed by atoms with van der Waals surface area (Å²) in [5.74, 6) is -0.411. The molecule has 1 amide bonds. The van der Waals surface area contributed by atoms with Crippen LogP contribution in [0.25, 0.3) is 23.0 Å². The summed E-state index contributed by atoms with van der Waals surface area (Å²) in [6, 6.07) is 15.0. The molecular weight excluding hydrogens is 508 g/mol. The first-order chi connectivity index (χ1) is 16.7. The Morgan fingerprint density at radius 2 is 1.94 bits per heavy atom.